The summed E-state index contributed by atoms with van der Waals surface area (Å²) < 4.78 is 43.9. The van der Waals surface area contributed by atoms with Gasteiger partial charge in [0.2, 0.25) is 10.0 Å². The molecule has 1 saturated heterocycles. The van der Waals surface area contributed by atoms with Gasteiger partial charge in [0.15, 0.2) is 5.75 Å². The normalized spacial score (nSPS) is 14.2. The van der Waals surface area contributed by atoms with Crippen molar-refractivity contribution in [3.8, 4) is 17.2 Å². The van der Waals surface area contributed by atoms with E-state index in [1.54, 1.807) is 24.3 Å². The third kappa shape index (κ3) is 6.04. The highest BCUT2D eigenvalue weighted by Gasteiger charge is 2.27. The van der Waals surface area contributed by atoms with Gasteiger partial charge in [-0.15, -0.1) is 0 Å². The first-order chi connectivity index (χ1) is 16.8. The zero-order valence-electron chi connectivity index (χ0n) is 19.0. The fourth-order valence-corrected chi connectivity index (χ4v) is 4.88. The van der Waals surface area contributed by atoms with Crippen LogP contribution in [0.15, 0.2) is 77.7 Å². The Kier molecular flexibility index (Phi) is 7.45. The molecule has 35 heavy (non-hydrogen) atoms. The van der Waals surface area contributed by atoms with E-state index in [1.807, 2.05) is 6.07 Å². The number of carbonyl (C=O) groups is 2. The van der Waals surface area contributed by atoms with E-state index in [0.717, 1.165) is 0 Å². The molecule has 3 aromatic carbocycles. The van der Waals surface area contributed by atoms with Gasteiger partial charge in [-0.25, -0.2) is 8.42 Å². The van der Waals surface area contributed by atoms with Crippen LogP contribution in [0.3, 0.4) is 0 Å². The fraction of sp³-hybridized carbons (Fsp3) is 0.200. The number of hydrogen-bond acceptors (Lipinski definition) is 7. The molecule has 9 nitrogen and oxygen atoms in total. The number of morpholine rings is 1. The highest BCUT2D eigenvalue weighted by atomic mass is 32.2. The van der Waals surface area contributed by atoms with Gasteiger partial charge >= 0.3 is 5.97 Å². The first-order valence-electron chi connectivity index (χ1n) is 10.9. The number of anilines is 1. The number of benzene rings is 3. The minimum absolute atomic E-state index is 0.0281. The third-order valence-corrected chi connectivity index (χ3v) is 7.05. The molecule has 0 unspecified atom stereocenters. The summed E-state index contributed by atoms with van der Waals surface area (Å²) >= 11 is 0. The van der Waals surface area contributed by atoms with Crippen molar-refractivity contribution in [3.05, 3.63) is 78.4 Å². The number of para-hydroxylation sites is 1. The molecule has 0 radical (unpaired) electrons. The molecule has 0 aliphatic carbocycles. The van der Waals surface area contributed by atoms with Gasteiger partial charge in [0.05, 0.1) is 23.8 Å². The molecule has 1 aliphatic heterocycles. The number of carbonyl (C=O) groups excluding carboxylic acids is 2. The number of nitrogens with one attached hydrogen (secondary N) is 1. The van der Waals surface area contributed by atoms with Gasteiger partial charge in [-0.2, -0.15) is 4.31 Å². The van der Waals surface area contributed by atoms with Crippen molar-refractivity contribution >= 4 is 27.6 Å². The molecule has 182 valence electrons. The molecule has 1 aliphatic rings. The van der Waals surface area contributed by atoms with Crippen molar-refractivity contribution in [1.82, 2.24) is 4.31 Å². The minimum atomic E-state index is -3.79. The molecular formula is C25H24N2O7S. The third-order valence-electron chi connectivity index (χ3n) is 5.16. The average molecular weight is 497 g/mol. The van der Waals surface area contributed by atoms with Crippen LogP contribution in [0.5, 0.6) is 17.2 Å². The summed E-state index contributed by atoms with van der Waals surface area (Å²) in [4.78, 5) is 24.1. The van der Waals surface area contributed by atoms with Crippen LogP contribution in [0.4, 0.5) is 5.69 Å². The second kappa shape index (κ2) is 10.7. The Balaban J connectivity index is 1.64. The van der Waals surface area contributed by atoms with Gasteiger partial charge in [0.25, 0.3) is 5.91 Å². The van der Waals surface area contributed by atoms with E-state index in [9.17, 15) is 18.0 Å². The summed E-state index contributed by atoms with van der Waals surface area (Å²) in [5.41, 5.74) is 0.477. The van der Waals surface area contributed by atoms with Gasteiger partial charge < -0.3 is 19.5 Å². The molecule has 0 saturated carbocycles. The Bertz CT molecular complexity index is 1300. The monoisotopic (exact) mass is 496 g/mol. The maximum absolute atomic E-state index is 13.2. The van der Waals surface area contributed by atoms with E-state index < -0.39 is 21.9 Å². The number of esters is 1. The average Bonchev–Trinajstić information content (AvgIpc) is 2.86. The summed E-state index contributed by atoms with van der Waals surface area (Å²) in [6.07, 6.45) is 0. The lowest BCUT2D eigenvalue weighted by Crippen LogP contribution is -2.40. The summed E-state index contributed by atoms with van der Waals surface area (Å²) in [6.45, 7) is 2.43. The zero-order valence-corrected chi connectivity index (χ0v) is 19.8. The molecule has 4 rings (SSSR count). The number of sulfonamides is 1. The van der Waals surface area contributed by atoms with Gasteiger partial charge in [-0.05, 0) is 54.6 Å². The highest BCUT2D eigenvalue weighted by molar-refractivity contribution is 7.89. The maximum atomic E-state index is 13.2. The van der Waals surface area contributed by atoms with Gasteiger partial charge in [-0.3, -0.25) is 9.59 Å². The molecular weight excluding hydrogens is 472 g/mol. The number of amides is 1. The molecule has 1 N–H and O–H groups in total. The van der Waals surface area contributed by atoms with E-state index in [0.29, 0.717) is 24.7 Å². The smallest absolute Gasteiger partial charge is 0.308 e. The maximum Gasteiger partial charge on any atom is 0.308 e. The number of rotatable bonds is 7. The summed E-state index contributed by atoms with van der Waals surface area (Å²) in [7, 11) is -3.79. The number of ether oxygens (including phenoxy) is 3. The molecule has 1 amide bonds. The lowest BCUT2D eigenvalue weighted by molar-refractivity contribution is -0.131. The lowest BCUT2D eigenvalue weighted by Gasteiger charge is -2.26. The molecule has 0 atom stereocenters. The molecule has 0 spiro atoms. The quantitative estimate of drug-likeness (QED) is 0.392. The minimum Gasteiger partial charge on any atom is -0.455 e. The molecule has 10 heteroatoms. The second-order valence-corrected chi connectivity index (χ2v) is 9.60. The van der Waals surface area contributed by atoms with Crippen molar-refractivity contribution < 1.29 is 32.2 Å². The lowest BCUT2D eigenvalue weighted by atomic mass is 10.2. The molecule has 1 heterocycles. The largest absolute Gasteiger partial charge is 0.455 e. The van der Waals surface area contributed by atoms with Crippen LogP contribution in [-0.2, 0) is 19.6 Å². The van der Waals surface area contributed by atoms with E-state index in [4.69, 9.17) is 14.2 Å². The highest BCUT2D eigenvalue weighted by Crippen LogP contribution is 2.33. The van der Waals surface area contributed by atoms with Crippen molar-refractivity contribution in [1.29, 1.82) is 0 Å². The zero-order chi connectivity index (χ0) is 24.8. The Morgan fingerprint density at radius 1 is 0.914 bits per heavy atom. The van der Waals surface area contributed by atoms with Crippen LogP contribution in [0.1, 0.15) is 17.3 Å². The molecule has 3 aromatic rings. The van der Waals surface area contributed by atoms with Crippen LogP contribution in [0.2, 0.25) is 0 Å². The van der Waals surface area contributed by atoms with Crippen molar-refractivity contribution in [3.63, 3.8) is 0 Å². The molecule has 0 aromatic heterocycles. The van der Waals surface area contributed by atoms with Gasteiger partial charge in [-0.1, -0.05) is 18.2 Å². The SMILES string of the molecule is CC(=O)Oc1ccc(C(=O)Nc2cc(S(=O)(=O)N3CCOCC3)ccc2Oc2ccccc2)cc1. The van der Waals surface area contributed by atoms with Crippen LogP contribution >= 0.6 is 0 Å². The van der Waals surface area contributed by atoms with Crippen LogP contribution in [0, 0.1) is 0 Å². The standard InChI is InChI=1S/C25H24N2O7S/c1-18(28)33-21-9-7-19(8-10-21)25(29)26-23-17-22(35(30,31)27-13-15-32-16-14-27)11-12-24(23)34-20-5-3-2-4-6-20/h2-12,17H,13-16H2,1H3,(H,26,29). The second-order valence-electron chi connectivity index (χ2n) is 7.66. The predicted octanol–water partition coefficient (Wildman–Crippen LogP) is 3.68. The number of hydrogen-bond donors (Lipinski definition) is 1. The van der Waals surface area contributed by atoms with E-state index in [2.05, 4.69) is 5.32 Å². The molecule has 0 bridgehead atoms. The van der Waals surface area contributed by atoms with Gasteiger partial charge in [0.1, 0.15) is 11.5 Å². The Hall–Kier alpha value is -3.73. The van der Waals surface area contributed by atoms with E-state index in [-0.39, 0.29) is 35.0 Å². The van der Waals surface area contributed by atoms with E-state index in [1.165, 1.54) is 53.7 Å². The fourth-order valence-electron chi connectivity index (χ4n) is 3.44. The van der Waals surface area contributed by atoms with Crippen molar-refractivity contribution in [2.24, 2.45) is 0 Å². The Labute approximate surface area is 203 Å². The topological polar surface area (TPSA) is 111 Å². The van der Waals surface area contributed by atoms with Crippen LogP contribution in [-0.4, -0.2) is 50.9 Å². The summed E-state index contributed by atoms with van der Waals surface area (Å²) in [5, 5.41) is 2.74. The first kappa shape index (κ1) is 24.4. The van der Waals surface area contributed by atoms with Gasteiger partial charge in [0, 0.05) is 25.6 Å². The summed E-state index contributed by atoms with van der Waals surface area (Å²) in [5.74, 6) is 0.154. The number of nitrogens with zero attached hydrogens (tertiary/aromatic N) is 1. The Morgan fingerprint density at radius 3 is 2.26 bits per heavy atom. The summed E-state index contributed by atoms with van der Waals surface area (Å²) in [6, 6.07) is 19.3. The van der Waals surface area contributed by atoms with Crippen LogP contribution in [0.25, 0.3) is 0 Å². The molecule has 1 fully saturated rings. The Morgan fingerprint density at radius 2 is 1.60 bits per heavy atom. The van der Waals surface area contributed by atoms with Crippen LogP contribution < -0.4 is 14.8 Å². The first-order valence-corrected chi connectivity index (χ1v) is 12.3. The van der Waals surface area contributed by atoms with Crippen molar-refractivity contribution in [2.75, 3.05) is 31.6 Å². The predicted molar refractivity (Wildman–Crippen MR) is 128 cm³/mol. The van der Waals surface area contributed by atoms with Crippen molar-refractivity contribution in [2.45, 2.75) is 11.8 Å². The van der Waals surface area contributed by atoms with E-state index >= 15 is 0 Å².